The molecule has 0 bridgehead atoms. The molecule has 0 saturated heterocycles. The quantitative estimate of drug-likeness (QED) is 0.156. The number of hydrogen-bond acceptors (Lipinski definition) is 4. The molecule has 6 heteroatoms. The minimum absolute atomic E-state index is 0.138. The number of rotatable bonds is 6. The molecule has 0 saturated carbocycles. The van der Waals surface area contributed by atoms with Gasteiger partial charge < -0.3 is 0 Å². The molecule has 1 atom stereocenters. The van der Waals surface area contributed by atoms with Crippen LogP contribution in [0.1, 0.15) is 21.9 Å². The summed E-state index contributed by atoms with van der Waals surface area (Å²) in [6.45, 7) is 0. The summed E-state index contributed by atoms with van der Waals surface area (Å²) in [5.41, 5.74) is 5.42. The van der Waals surface area contributed by atoms with Crippen molar-refractivity contribution in [3.8, 4) is 0 Å². The van der Waals surface area contributed by atoms with E-state index in [1.165, 1.54) is 11.1 Å². The second-order valence-corrected chi connectivity index (χ2v) is 11.1. The van der Waals surface area contributed by atoms with E-state index in [1.807, 2.05) is 60.8 Å². The van der Waals surface area contributed by atoms with Gasteiger partial charge in [-0.15, -0.1) is 11.3 Å². The average Bonchev–Trinajstić information content (AvgIpc) is 3.25. The first-order valence-electron chi connectivity index (χ1n) is 10.3. The molecule has 0 aliphatic rings. The van der Waals surface area contributed by atoms with E-state index in [1.54, 1.807) is 23.1 Å². The molecule has 0 fully saturated rings. The molecule has 5 rings (SSSR count). The molecule has 0 radical (unpaired) electrons. The van der Waals surface area contributed by atoms with Crippen LogP contribution in [0.15, 0.2) is 111 Å². The van der Waals surface area contributed by atoms with Crippen molar-refractivity contribution in [2.45, 2.75) is 9.59 Å². The van der Waals surface area contributed by atoms with Gasteiger partial charge in [-0.2, -0.15) is 0 Å². The molecule has 2 nitrogen and oxygen atoms in total. The van der Waals surface area contributed by atoms with Crippen LogP contribution in [-0.2, 0) is 0 Å². The third-order valence-electron chi connectivity index (χ3n) is 5.08. The number of halogens is 2. The van der Waals surface area contributed by atoms with E-state index in [4.69, 9.17) is 16.6 Å². The predicted octanol–water partition coefficient (Wildman–Crippen LogP) is 9.34. The highest BCUT2D eigenvalue weighted by molar-refractivity contribution is 9.10. The average molecular weight is 550 g/mol. The predicted molar refractivity (Wildman–Crippen MR) is 147 cm³/mol. The summed E-state index contributed by atoms with van der Waals surface area (Å²) in [5.74, 6) is 0. The number of aliphatic imine (C=N–C) groups is 1. The first kappa shape index (κ1) is 22.4. The van der Waals surface area contributed by atoms with Crippen LogP contribution in [0.5, 0.6) is 0 Å². The first-order chi connectivity index (χ1) is 16.1. The van der Waals surface area contributed by atoms with Crippen molar-refractivity contribution >= 4 is 72.7 Å². The number of benzene rings is 4. The number of thiazole rings is 1. The smallest absolute Gasteiger partial charge is 0.152 e. The third-order valence-corrected chi connectivity index (χ3v) is 8.28. The van der Waals surface area contributed by atoms with Crippen LogP contribution in [0.2, 0.25) is 5.02 Å². The zero-order valence-corrected chi connectivity index (χ0v) is 21.3. The molecule has 33 heavy (non-hydrogen) atoms. The standard InChI is InChI=1S/C27H18BrClN2S2/c28-21-10-6-18(7-11-21)17-30-23-14-15-24-25(16-23)32-27(31-24)33-26(19-4-2-1-3-5-19)20-8-12-22(29)13-9-20/h1-17,26H/t26-/m0/s1. The van der Waals surface area contributed by atoms with Crippen molar-refractivity contribution < 1.29 is 0 Å². The Morgan fingerprint density at radius 1 is 0.879 bits per heavy atom. The van der Waals surface area contributed by atoms with Gasteiger partial charge in [-0.3, -0.25) is 4.99 Å². The Hall–Kier alpha value is -2.44. The maximum atomic E-state index is 6.13. The van der Waals surface area contributed by atoms with Crippen molar-refractivity contribution in [1.29, 1.82) is 0 Å². The van der Waals surface area contributed by atoms with Gasteiger partial charge in [0.15, 0.2) is 4.34 Å². The molecule has 162 valence electrons. The number of thioether (sulfide) groups is 1. The Kier molecular flexibility index (Phi) is 6.93. The van der Waals surface area contributed by atoms with Crippen LogP contribution in [0, 0.1) is 0 Å². The Labute approximate surface area is 214 Å². The molecule has 1 heterocycles. The maximum Gasteiger partial charge on any atom is 0.152 e. The van der Waals surface area contributed by atoms with Crippen LogP contribution in [-0.4, -0.2) is 11.2 Å². The van der Waals surface area contributed by atoms with E-state index < -0.39 is 0 Å². The molecule has 0 aliphatic heterocycles. The summed E-state index contributed by atoms with van der Waals surface area (Å²) in [6, 6.07) is 32.9. The van der Waals surface area contributed by atoms with Gasteiger partial charge in [-0.25, -0.2) is 4.98 Å². The molecule has 0 unspecified atom stereocenters. The largest absolute Gasteiger partial charge is 0.256 e. The summed E-state index contributed by atoms with van der Waals surface area (Å²) in [5, 5.41) is 0.880. The van der Waals surface area contributed by atoms with E-state index in [0.717, 1.165) is 35.3 Å². The van der Waals surface area contributed by atoms with Gasteiger partial charge >= 0.3 is 0 Å². The highest BCUT2D eigenvalue weighted by atomic mass is 79.9. The van der Waals surface area contributed by atoms with Crippen molar-refractivity contribution in [2.24, 2.45) is 4.99 Å². The molecule has 1 aromatic heterocycles. The molecule has 0 amide bonds. The van der Waals surface area contributed by atoms with Gasteiger partial charge in [-0.05, 0) is 59.2 Å². The summed E-state index contributed by atoms with van der Waals surface area (Å²) in [4.78, 5) is 9.54. The molecule has 5 aromatic rings. The minimum Gasteiger partial charge on any atom is -0.256 e. The molecule has 0 aliphatic carbocycles. The van der Waals surface area contributed by atoms with E-state index in [2.05, 4.69) is 63.4 Å². The van der Waals surface area contributed by atoms with Gasteiger partial charge in [0.2, 0.25) is 0 Å². The zero-order chi connectivity index (χ0) is 22.6. The van der Waals surface area contributed by atoms with Crippen LogP contribution in [0.25, 0.3) is 10.2 Å². The van der Waals surface area contributed by atoms with Gasteiger partial charge in [0.1, 0.15) is 0 Å². The van der Waals surface area contributed by atoms with E-state index in [-0.39, 0.29) is 5.25 Å². The van der Waals surface area contributed by atoms with Crippen molar-refractivity contribution in [3.63, 3.8) is 0 Å². The van der Waals surface area contributed by atoms with Crippen molar-refractivity contribution in [1.82, 2.24) is 4.98 Å². The minimum atomic E-state index is 0.138. The van der Waals surface area contributed by atoms with Crippen molar-refractivity contribution in [2.75, 3.05) is 0 Å². The van der Waals surface area contributed by atoms with Crippen LogP contribution < -0.4 is 0 Å². The zero-order valence-electron chi connectivity index (χ0n) is 17.4. The lowest BCUT2D eigenvalue weighted by Crippen LogP contribution is -1.96. The third kappa shape index (κ3) is 5.56. The van der Waals surface area contributed by atoms with Crippen LogP contribution in [0.4, 0.5) is 5.69 Å². The number of hydrogen-bond donors (Lipinski definition) is 0. The first-order valence-corrected chi connectivity index (χ1v) is 13.2. The fourth-order valence-corrected chi connectivity index (χ4v) is 6.23. The highest BCUT2D eigenvalue weighted by Gasteiger charge is 2.18. The summed E-state index contributed by atoms with van der Waals surface area (Å²) >= 11 is 13.1. The van der Waals surface area contributed by atoms with E-state index in [9.17, 15) is 0 Å². The normalized spacial score (nSPS) is 12.4. The Morgan fingerprint density at radius 3 is 2.36 bits per heavy atom. The summed E-state index contributed by atoms with van der Waals surface area (Å²) in [7, 11) is 0. The Balaban J connectivity index is 1.42. The van der Waals surface area contributed by atoms with Crippen LogP contribution in [0.3, 0.4) is 0 Å². The monoisotopic (exact) mass is 548 g/mol. The lowest BCUT2D eigenvalue weighted by molar-refractivity contribution is 1.14. The SMILES string of the molecule is Clc1ccc([C@@H](Sc2nc3ccc(N=Cc4ccc(Br)cc4)cc3s2)c2ccccc2)cc1. The lowest BCUT2D eigenvalue weighted by atomic mass is 10.0. The molecular formula is C27H18BrClN2S2. The second kappa shape index (κ2) is 10.2. The number of nitrogens with zero attached hydrogens (tertiary/aromatic N) is 2. The van der Waals surface area contributed by atoms with Crippen LogP contribution >= 0.6 is 50.6 Å². The number of fused-ring (bicyclic) bond motifs is 1. The van der Waals surface area contributed by atoms with Gasteiger partial charge in [0.05, 0.1) is 21.2 Å². The van der Waals surface area contributed by atoms with Gasteiger partial charge in [0, 0.05) is 15.7 Å². The topological polar surface area (TPSA) is 25.2 Å². The molecule has 0 N–H and O–H groups in total. The Bertz CT molecular complexity index is 1400. The lowest BCUT2D eigenvalue weighted by Gasteiger charge is -2.16. The summed E-state index contributed by atoms with van der Waals surface area (Å²) < 4.78 is 3.22. The van der Waals surface area contributed by atoms with Gasteiger partial charge in [-0.1, -0.05) is 93.9 Å². The second-order valence-electron chi connectivity index (χ2n) is 7.40. The molecular weight excluding hydrogens is 532 g/mol. The maximum absolute atomic E-state index is 6.13. The molecule has 4 aromatic carbocycles. The van der Waals surface area contributed by atoms with E-state index in [0.29, 0.717) is 0 Å². The fraction of sp³-hybridized carbons (Fsp3) is 0.0370. The number of aromatic nitrogens is 1. The summed E-state index contributed by atoms with van der Waals surface area (Å²) in [6.07, 6.45) is 1.89. The highest BCUT2D eigenvalue weighted by Crippen LogP contribution is 2.43. The Morgan fingerprint density at radius 2 is 1.61 bits per heavy atom. The van der Waals surface area contributed by atoms with Gasteiger partial charge in [0.25, 0.3) is 0 Å². The van der Waals surface area contributed by atoms with Crippen molar-refractivity contribution in [3.05, 3.63) is 123 Å². The van der Waals surface area contributed by atoms with E-state index >= 15 is 0 Å². The fourth-order valence-electron chi connectivity index (χ4n) is 3.42. The molecule has 0 spiro atoms.